The van der Waals surface area contributed by atoms with E-state index in [1.165, 1.54) is 4.90 Å². The minimum atomic E-state index is -5.16. The molecule has 4 atom stereocenters. The smallest absolute Gasteiger partial charge is 0.351 e. The predicted octanol–water partition coefficient (Wildman–Crippen LogP) is 2.55. The van der Waals surface area contributed by atoms with Crippen molar-refractivity contribution >= 4 is 33.7 Å². The van der Waals surface area contributed by atoms with Gasteiger partial charge < -0.3 is 20.9 Å². The van der Waals surface area contributed by atoms with Gasteiger partial charge in [0.1, 0.15) is 18.1 Å². The number of halogens is 3. The Morgan fingerprint density at radius 1 is 1.18 bits per heavy atom. The van der Waals surface area contributed by atoms with E-state index >= 15 is 0 Å². The molecule has 3 rings (SSSR count). The van der Waals surface area contributed by atoms with Crippen LogP contribution in [0.3, 0.4) is 0 Å². The monoisotopic (exact) mass is 575 g/mol. The summed E-state index contributed by atoms with van der Waals surface area (Å²) in [4.78, 5) is 53.0. The van der Waals surface area contributed by atoms with Crippen LogP contribution < -0.4 is 16.0 Å². The molecule has 0 bridgehead atoms. The Balaban J connectivity index is 1.80. The van der Waals surface area contributed by atoms with Gasteiger partial charge in [-0.15, -0.1) is 0 Å². The molecule has 1 spiro atoms. The van der Waals surface area contributed by atoms with Gasteiger partial charge in [0.2, 0.25) is 17.7 Å². The van der Waals surface area contributed by atoms with E-state index in [4.69, 9.17) is 0 Å². The first-order chi connectivity index (χ1) is 17.9. The average Bonchev–Trinajstić information content (AvgIpc) is 3.43. The quantitative estimate of drug-likeness (QED) is 0.448. The van der Waals surface area contributed by atoms with Crippen LogP contribution in [-0.2, 0) is 19.2 Å². The van der Waals surface area contributed by atoms with E-state index in [9.17, 15) is 37.6 Å². The second-order valence-electron chi connectivity index (χ2n) is 12.8. The first-order valence-electron chi connectivity index (χ1n) is 13.3. The van der Waals surface area contributed by atoms with Crippen LogP contribution in [0.4, 0.5) is 13.2 Å². The molecule has 3 N–H and O–H groups in total. The number of alkyl halides is 3. The molecule has 3 fully saturated rings. The molecule has 3 saturated heterocycles. The Labute approximate surface area is 229 Å². The maximum Gasteiger partial charge on any atom is 0.471 e. The lowest BCUT2D eigenvalue weighted by molar-refractivity contribution is -0.176. The number of hydrogen-bond acceptors (Lipinski definition) is 5. The maximum atomic E-state index is 13.7. The SMILES string of the molecule is CC1(C)CCC(CC(C#N)NC(=O)C2CS3(CCCC3)CN2C(=O)[C@@H](NC(=O)C(F)(F)F)C(C)(C)C)C(=O)N1. The minimum Gasteiger partial charge on any atom is -0.351 e. The first kappa shape index (κ1) is 31.0. The lowest BCUT2D eigenvalue weighted by Gasteiger charge is -2.36. The summed E-state index contributed by atoms with van der Waals surface area (Å²) in [5.41, 5.74) is -1.40. The van der Waals surface area contributed by atoms with Crippen LogP contribution in [-0.4, -0.2) is 81.5 Å². The van der Waals surface area contributed by atoms with Gasteiger partial charge in [0.25, 0.3) is 0 Å². The molecule has 0 aromatic heterocycles. The summed E-state index contributed by atoms with van der Waals surface area (Å²) in [6.45, 7) is 8.49. The Hall–Kier alpha value is -2.49. The fourth-order valence-corrected chi connectivity index (χ4v) is 10.1. The van der Waals surface area contributed by atoms with Crippen molar-refractivity contribution in [3.8, 4) is 6.07 Å². The van der Waals surface area contributed by atoms with Crippen molar-refractivity contribution < 1.29 is 32.3 Å². The number of carbonyl (C=O) groups is 4. The third-order valence-corrected chi connectivity index (χ3v) is 12.0. The molecule has 3 aliphatic heterocycles. The standard InChI is InChI=1S/C26H40F3N5O4S/c1-24(2,3)19(32-23(38)26(27,28)29)22(37)34-15-39(10-6-7-11-39)14-18(34)21(36)31-17(13-30)12-16-8-9-25(4,5)33-20(16)35/h16-19H,6-12,14-15H2,1-5H3,(H,31,36)(H,32,38)(H,33,35)/t16?,17?,18?,19-/m1/s1. The summed E-state index contributed by atoms with van der Waals surface area (Å²) >= 11 is 0. The summed E-state index contributed by atoms with van der Waals surface area (Å²) < 4.78 is 39.2. The fraction of sp³-hybridized carbons (Fsp3) is 0.808. The third-order valence-electron chi connectivity index (χ3n) is 7.88. The zero-order chi connectivity index (χ0) is 29.4. The summed E-state index contributed by atoms with van der Waals surface area (Å²) in [5, 5.41) is 17.2. The number of carbonyl (C=O) groups excluding carboxylic acids is 4. The first-order valence-corrected chi connectivity index (χ1v) is 15.6. The average molecular weight is 576 g/mol. The molecule has 4 amide bonds. The maximum absolute atomic E-state index is 13.7. The summed E-state index contributed by atoms with van der Waals surface area (Å²) in [7, 11) is -1.38. The number of nitriles is 1. The van der Waals surface area contributed by atoms with Crippen LogP contribution in [0.1, 0.15) is 66.7 Å². The van der Waals surface area contributed by atoms with Crippen LogP contribution in [0.25, 0.3) is 0 Å². The number of nitrogens with zero attached hydrogens (tertiary/aromatic N) is 2. The molecule has 3 heterocycles. The van der Waals surface area contributed by atoms with E-state index in [0.717, 1.165) is 30.8 Å². The highest BCUT2D eigenvalue weighted by molar-refractivity contribution is 8.34. The van der Waals surface area contributed by atoms with E-state index in [2.05, 4.69) is 10.6 Å². The van der Waals surface area contributed by atoms with Gasteiger partial charge in [-0.2, -0.15) is 18.4 Å². The van der Waals surface area contributed by atoms with Crippen molar-refractivity contribution in [2.24, 2.45) is 11.3 Å². The fourth-order valence-electron chi connectivity index (χ4n) is 5.62. The van der Waals surface area contributed by atoms with Gasteiger partial charge >= 0.3 is 12.1 Å². The number of rotatable bonds is 6. The molecule has 0 radical (unpaired) electrons. The summed E-state index contributed by atoms with van der Waals surface area (Å²) in [5.74, 6) is -1.74. The van der Waals surface area contributed by atoms with E-state index < -0.39 is 63.4 Å². The Bertz CT molecular complexity index is 1030. The lowest BCUT2D eigenvalue weighted by Crippen LogP contribution is -2.60. The van der Waals surface area contributed by atoms with Crippen LogP contribution in [0, 0.1) is 22.7 Å². The molecular formula is C26H40F3N5O4S. The highest BCUT2D eigenvalue weighted by Crippen LogP contribution is 2.59. The molecule has 220 valence electrons. The Morgan fingerprint density at radius 3 is 2.31 bits per heavy atom. The Kier molecular flexibility index (Phi) is 8.90. The van der Waals surface area contributed by atoms with E-state index in [1.807, 2.05) is 25.2 Å². The number of hydrogen-bond donors (Lipinski definition) is 3. The molecule has 39 heavy (non-hydrogen) atoms. The van der Waals surface area contributed by atoms with Crippen molar-refractivity contribution in [3.05, 3.63) is 0 Å². The van der Waals surface area contributed by atoms with Gasteiger partial charge in [0.15, 0.2) is 0 Å². The number of piperidine rings is 1. The number of amides is 4. The molecule has 0 aromatic rings. The number of nitrogens with one attached hydrogen (secondary N) is 3. The van der Waals surface area contributed by atoms with Gasteiger partial charge in [-0.1, -0.05) is 20.8 Å². The zero-order valence-corrected chi connectivity index (χ0v) is 24.1. The van der Waals surface area contributed by atoms with Gasteiger partial charge in [0, 0.05) is 17.2 Å². The van der Waals surface area contributed by atoms with Crippen molar-refractivity contribution in [2.45, 2.75) is 96.6 Å². The molecule has 0 saturated carbocycles. The normalized spacial score (nSPS) is 26.7. The lowest BCUT2D eigenvalue weighted by atomic mass is 9.83. The third kappa shape index (κ3) is 7.38. The van der Waals surface area contributed by atoms with E-state index in [1.54, 1.807) is 20.8 Å². The van der Waals surface area contributed by atoms with E-state index in [0.29, 0.717) is 12.2 Å². The van der Waals surface area contributed by atoms with Gasteiger partial charge in [-0.05, 0) is 62.9 Å². The van der Waals surface area contributed by atoms with Gasteiger partial charge in [-0.3, -0.25) is 19.2 Å². The molecular weight excluding hydrogens is 535 g/mol. The largest absolute Gasteiger partial charge is 0.471 e. The van der Waals surface area contributed by atoms with Crippen molar-refractivity contribution in [3.63, 3.8) is 0 Å². The topological polar surface area (TPSA) is 131 Å². The second-order valence-corrected chi connectivity index (χ2v) is 16.6. The van der Waals surface area contributed by atoms with Gasteiger partial charge in [0.05, 0.1) is 11.9 Å². The van der Waals surface area contributed by atoms with Crippen molar-refractivity contribution in [1.82, 2.24) is 20.9 Å². The second kappa shape index (κ2) is 11.2. The van der Waals surface area contributed by atoms with Gasteiger partial charge in [-0.25, -0.2) is 10.0 Å². The molecule has 3 aliphatic rings. The highest BCUT2D eigenvalue weighted by Gasteiger charge is 2.51. The van der Waals surface area contributed by atoms with Crippen LogP contribution in [0.5, 0.6) is 0 Å². The molecule has 0 aromatic carbocycles. The van der Waals surface area contributed by atoms with Crippen LogP contribution >= 0.6 is 10.0 Å². The molecule has 0 aliphatic carbocycles. The Morgan fingerprint density at radius 2 is 1.79 bits per heavy atom. The predicted molar refractivity (Wildman–Crippen MR) is 141 cm³/mol. The highest BCUT2D eigenvalue weighted by atomic mass is 32.3. The molecule has 3 unspecified atom stereocenters. The van der Waals surface area contributed by atoms with Crippen molar-refractivity contribution in [1.29, 1.82) is 5.26 Å². The zero-order valence-electron chi connectivity index (χ0n) is 23.2. The molecule has 13 heteroatoms. The summed E-state index contributed by atoms with van der Waals surface area (Å²) in [6.07, 6.45) is -1.84. The summed E-state index contributed by atoms with van der Waals surface area (Å²) in [6, 6.07) is -1.38. The van der Waals surface area contributed by atoms with Crippen LogP contribution in [0.2, 0.25) is 0 Å². The molecule has 9 nitrogen and oxygen atoms in total. The minimum absolute atomic E-state index is 0.120. The van der Waals surface area contributed by atoms with E-state index in [-0.39, 0.29) is 23.7 Å². The van der Waals surface area contributed by atoms with Crippen molar-refractivity contribution in [2.75, 3.05) is 23.1 Å². The van der Waals surface area contributed by atoms with Crippen LogP contribution in [0.15, 0.2) is 0 Å².